The van der Waals surface area contributed by atoms with Crippen molar-refractivity contribution in [1.29, 1.82) is 0 Å². The van der Waals surface area contributed by atoms with Crippen molar-refractivity contribution in [2.24, 2.45) is 0 Å². The summed E-state index contributed by atoms with van der Waals surface area (Å²) in [6, 6.07) is 13.4. The Morgan fingerprint density at radius 2 is 1.74 bits per heavy atom. The van der Waals surface area contributed by atoms with Crippen molar-refractivity contribution in [2.45, 2.75) is 6.18 Å². The van der Waals surface area contributed by atoms with Crippen molar-refractivity contribution >= 4 is 17.8 Å². The van der Waals surface area contributed by atoms with E-state index in [0.717, 1.165) is 24.0 Å². The lowest BCUT2D eigenvalue weighted by atomic mass is 10.2. The third-order valence-corrected chi connectivity index (χ3v) is 2.82. The molecule has 0 aliphatic carbocycles. The number of carbonyl (C=O) groups excluding carboxylic acids is 1. The van der Waals surface area contributed by atoms with Gasteiger partial charge in [0.25, 0.3) is 0 Å². The number of nitrogen functional groups attached to an aromatic ring is 1. The Labute approximate surface area is 154 Å². The van der Waals surface area contributed by atoms with E-state index in [1.807, 2.05) is 18.2 Å². The van der Waals surface area contributed by atoms with Crippen LogP contribution in [-0.4, -0.2) is 16.3 Å². The minimum atomic E-state index is -4.36. The van der Waals surface area contributed by atoms with Crippen LogP contribution in [0.1, 0.15) is 15.9 Å². The van der Waals surface area contributed by atoms with E-state index >= 15 is 0 Å². The number of carbonyl (C=O) groups is 1. The van der Waals surface area contributed by atoms with Crippen LogP contribution >= 0.6 is 0 Å². The maximum atomic E-state index is 12.0. The Morgan fingerprint density at radius 1 is 1.04 bits per heavy atom. The first kappa shape index (κ1) is 21.3. The zero-order valence-electron chi connectivity index (χ0n) is 14.0. The minimum Gasteiger partial charge on any atom is -0.382 e. The highest BCUT2D eigenvalue weighted by atomic mass is 19.4. The van der Waals surface area contributed by atoms with Gasteiger partial charge in [0, 0.05) is 23.5 Å². The molecule has 1 heterocycles. The summed E-state index contributed by atoms with van der Waals surface area (Å²) in [6.07, 6.45) is 1.10. The molecule has 0 atom stereocenters. The van der Waals surface area contributed by atoms with Gasteiger partial charge >= 0.3 is 6.18 Å². The first-order chi connectivity index (χ1) is 12.9. The summed E-state index contributed by atoms with van der Waals surface area (Å²) in [5.74, 6) is 0.461. The van der Waals surface area contributed by atoms with Crippen LogP contribution < -0.4 is 5.73 Å². The Balaban J connectivity index is 0.000000212. The molecule has 0 fully saturated rings. The minimum absolute atomic E-state index is 0.00447. The highest BCUT2D eigenvalue weighted by Gasteiger charge is 2.29. The van der Waals surface area contributed by atoms with Crippen LogP contribution in [0.5, 0.6) is 0 Å². The van der Waals surface area contributed by atoms with Gasteiger partial charge in [-0.15, -0.1) is 0 Å². The monoisotopic (exact) mass is 372 g/mol. The summed E-state index contributed by atoms with van der Waals surface area (Å²) < 4.78 is 36.0. The van der Waals surface area contributed by atoms with Crippen LogP contribution in [0.3, 0.4) is 0 Å². The molecule has 2 N–H and O–H groups in total. The second kappa shape index (κ2) is 11.0. The molecule has 0 amide bonds. The average molecular weight is 372 g/mol. The number of alkyl halides is 3. The van der Waals surface area contributed by atoms with Crippen LogP contribution in [0.25, 0.3) is 4.85 Å². The summed E-state index contributed by atoms with van der Waals surface area (Å²) in [5.41, 5.74) is 5.14. The average Bonchev–Trinajstić information content (AvgIpc) is 2.69. The molecule has 27 heavy (non-hydrogen) atoms. The van der Waals surface area contributed by atoms with Gasteiger partial charge in [-0.25, -0.2) is 9.83 Å². The van der Waals surface area contributed by atoms with Crippen LogP contribution in [-0.2, 0) is 6.18 Å². The quantitative estimate of drug-likeness (QED) is 0.491. The second-order valence-corrected chi connectivity index (χ2v) is 4.82. The molecule has 1 aromatic heterocycles. The summed E-state index contributed by atoms with van der Waals surface area (Å²) >= 11 is 0. The predicted molar refractivity (Wildman–Crippen MR) is 96.0 cm³/mol. The second-order valence-electron chi connectivity index (χ2n) is 4.82. The fourth-order valence-electron chi connectivity index (χ4n) is 1.59. The third kappa shape index (κ3) is 8.79. The van der Waals surface area contributed by atoms with E-state index in [2.05, 4.69) is 14.8 Å². The van der Waals surface area contributed by atoms with E-state index in [9.17, 15) is 18.0 Å². The lowest BCUT2D eigenvalue weighted by Gasteiger charge is -2.05. The number of halogens is 3. The maximum Gasteiger partial charge on any atom is 0.415 e. The Hall–Kier alpha value is -3.73. The number of aldehydes is 1. The van der Waals surface area contributed by atoms with Crippen LogP contribution in [0, 0.1) is 6.57 Å². The molecule has 0 radical (unpaired) electrons. The van der Waals surface area contributed by atoms with E-state index < -0.39 is 11.7 Å². The normalized spacial score (nSPS) is 9.56. The van der Waals surface area contributed by atoms with Crippen molar-refractivity contribution < 1.29 is 18.0 Å². The van der Waals surface area contributed by atoms with Crippen LogP contribution in [0.15, 0.2) is 73.2 Å². The summed E-state index contributed by atoms with van der Waals surface area (Å²) in [5, 5.41) is 0. The molecule has 3 aromatic rings. The van der Waals surface area contributed by atoms with E-state index in [4.69, 9.17) is 12.3 Å². The molecule has 0 aliphatic rings. The van der Waals surface area contributed by atoms with Crippen LogP contribution in [0.4, 0.5) is 24.7 Å². The lowest BCUT2D eigenvalue weighted by Crippen LogP contribution is -2.03. The largest absolute Gasteiger partial charge is 0.415 e. The number of anilines is 1. The molecule has 138 valence electrons. The zero-order valence-corrected chi connectivity index (χ0v) is 14.0. The highest BCUT2D eigenvalue weighted by Crippen LogP contribution is 2.31. The molecule has 0 saturated heterocycles. The van der Waals surface area contributed by atoms with E-state index in [1.165, 1.54) is 18.3 Å². The number of hydrogen-bond donors (Lipinski definition) is 1. The Morgan fingerprint density at radius 3 is 2.15 bits per heavy atom. The van der Waals surface area contributed by atoms with Gasteiger partial charge in [-0.2, -0.15) is 13.2 Å². The topological polar surface area (TPSA) is 73.2 Å². The van der Waals surface area contributed by atoms with Gasteiger partial charge in [0.2, 0.25) is 0 Å². The number of aromatic nitrogens is 2. The molecule has 0 spiro atoms. The lowest BCUT2D eigenvalue weighted by molar-refractivity contribution is -0.137. The number of rotatable bonds is 1. The molecular formula is C19H15F3N4O. The van der Waals surface area contributed by atoms with Gasteiger partial charge in [-0.1, -0.05) is 48.5 Å². The molecule has 5 nitrogen and oxygen atoms in total. The highest BCUT2D eigenvalue weighted by molar-refractivity contribution is 5.74. The third-order valence-electron chi connectivity index (χ3n) is 2.82. The molecule has 0 saturated carbocycles. The van der Waals surface area contributed by atoms with E-state index in [1.54, 1.807) is 24.5 Å². The van der Waals surface area contributed by atoms with Crippen molar-refractivity contribution in [1.82, 2.24) is 9.97 Å². The summed E-state index contributed by atoms with van der Waals surface area (Å²) in [7, 11) is 0. The number of hydrogen-bond acceptors (Lipinski definition) is 4. The predicted octanol–water partition coefficient (Wildman–Crippen LogP) is 4.81. The first-order valence-electron chi connectivity index (χ1n) is 7.43. The number of nitrogens with zero attached hydrogens (tertiary/aromatic N) is 3. The van der Waals surface area contributed by atoms with Gasteiger partial charge in [0.15, 0.2) is 5.69 Å². The standard InChI is InChI=1S/C8H4F3N.C7H6O.C4H5N3/c1-12-7-4-2-3-6(5-7)8(9,10)11;8-6-7-4-2-1-3-5-7;5-4-3-6-1-2-7-4/h2-5H;1-6H;1-3H,(H2,5,7). The van der Waals surface area contributed by atoms with Crippen molar-refractivity contribution in [3.8, 4) is 0 Å². The smallest absolute Gasteiger partial charge is 0.382 e. The first-order valence-corrected chi connectivity index (χ1v) is 7.43. The summed E-state index contributed by atoms with van der Waals surface area (Å²) in [6.45, 7) is 6.50. The van der Waals surface area contributed by atoms with Crippen molar-refractivity contribution in [3.05, 3.63) is 95.7 Å². The van der Waals surface area contributed by atoms with Gasteiger partial charge in [0.1, 0.15) is 12.1 Å². The molecule has 0 unspecified atom stereocenters. The SMILES string of the molecule is Nc1cnccn1.O=Cc1ccccc1.[C-]#[N+]c1cccc(C(F)(F)F)c1. The molecule has 2 aromatic carbocycles. The van der Waals surface area contributed by atoms with Gasteiger partial charge in [-0.3, -0.25) is 9.78 Å². The Kier molecular flexibility index (Phi) is 8.68. The molecular weight excluding hydrogens is 357 g/mol. The van der Waals surface area contributed by atoms with Crippen molar-refractivity contribution in [2.75, 3.05) is 5.73 Å². The van der Waals surface area contributed by atoms with Crippen LogP contribution in [0.2, 0.25) is 0 Å². The zero-order chi connectivity index (χ0) is 20.1. The number of nitrogens with two attached hydrogens (primary N) is 1. The molecule has 0 bridgehead atoms. The maximum absolute atomic E-state index is 12.0. The molecule has 0 aliphatic heterocycles. The number of benzene rings is 2. The van der Waals surface area contributed by atoms with E-state index in [-0.39, 0.29) is 5.69 Å². The van der Waals surface area contributed by atoms with Crippen molar-refractivity contribution in [3.63, 3.8) is 0 Å². The Bertz CT molecular complexity index is 863. The fourth-order valence-corrected chi connectivity index (χ4v) is 1.59. The van der Waals surface area contributed by atoms with E-state index in [0.29, 0.717) is 5.82 Å². The van der Waals surface area contributed by atoms with Gasteiger partial charge < -0.3 is 5.73 Å². The van der Waals surface area contributed by atoms with Gasteiger partial charge in [-0.05, 0) is 6.07 Å². The fraction of sp³-hybridized carbons (Fsp3) is 0.0526. The summed E-state index contributed by atoms with van der Waals surface area (Å²) in [4.78, 5) is 20.3. The molecule has 3 rings (SSSR count). The van der Waals surface area contributed by atoms with Gasteiger partial charge in [0.05, 0.1) is 12.8 Å². The molecule has 8 heteroatoms.